The number of carbonyl (C=O) groups is 2. The summed E-state index contributed by atoms with van der Waals surface area (Å²) in [5, 5.41) is 28.8. The van der Waals surface area contributed by atoms with Gasteiger partial charge in [0.05, 0.1) is 31.6 Å². The molecule has 0 aliphatic carbocycles. The Labute approximate surface area is 255 Å². The number of aliphatic carboxylic acids is 1. The molecule has 11 nitrogen and oxygen atoms in total. The molecule has 2 aromatic carbocycles. The van der Waals surface area contributed by atoms with Crippen molar-refractivity contribution in [2.45, 2.75) is 53.1 Å². The Bertz CT molecular complexity index is 1490. The first-order chi connectivity index (χ1) is 19.0. The van der Waals surface area contributed by atoms with E-state index in [9.17, 15) is 28.2 Å². The minimum atomic E-state index is -3.97. The van der Waals surface area contributed by atoms with Crippen LogP contribution in [0.15, 0.2) is 18.2 Å². The van der Waals surface area contributed by atoms with Crippen LogP contribution in [-0.4, -0.2) is 78.0 Å². The second kappa shape index (κ2) is 13.4. The number of nitrogens with zero attached hydrogens (tertiary/aromatic N) is 2. The molecule has 0 amide bonds. The van der Waals surface area contributed by atoms with Crippen molar-refractivity contribution in [2.75, 3.05) is 32.6 Å². The quantitative estimate of drug-likeness (QED) is 0.282. The lowest BCUT2D eigenvalue weighted by molar-refractivity contribution is -0.137. The number of halogens is 2. The Kier molecular flexibility index (Phi) is 11.1. The van der Waals surface area contributed by atoms with Crippen molar-refractivity contribution in [1.29, 1.82) is 5.41 Å². The van der Waals surface area contributed by atoms with Crippen LogP contribution in [0.4, 0.5) is 4.39 Å². The first-order valence-corrected chi connectivity index (χ1v) is 14.9. The highest BCUT2D eigenvalue weighted by Gasteiger charge is 2.34. The largest absolute Gasteiger partial charge is 0.507 e. The summed E-state index contributed by atoms with van der Waals surface area (Å²) in [7, 11) is -3.97. The van der Waals surface area contributed by atoms with Crippen LogP contribution in [0.25, 0.3) is 0 Å². The van der Waals surface area contributed by atoms with Crippen LogP contribution in [0.3, 0.4) is 0 Å². The van der Waals surface area contributed by atoms with Gasteiger partial charge in [-0.05, 0) is 43.0 Å². The van der Waals surface area contributed by atoms with E-state index in [4.69, 9.17) is 14.9 Å². The van der Waals surface area contributed by atoms with E-state index in [0.717, 1.165) is 6.26 Å². The van der Waals surface area contributed by atoms with Crippen molar-refractivity contribution in [3.8, 4) is 17.2 Å². The molecule has 0 radical (unpaired) electrons. The number of benzene rings is 2. The monoisotopic (exact) mass is 673 g/mol. The molecule has 42 heavy (non-hydrogen) atoms. The number of sulfonamides is 1. The third-order valence-electron chi connectivity index (χ3n) is 6.55. The van der Waals surface area contributed by atoms with Gasteiger partial charge < -0.3 is 24.6 Å². The van der Waals surface area contributed by atoms with Crippen LogP contribution >= 0.6 is 17.0 Å². The average Bonchev–Trinajstić information content (AvgIpc) is 3.15. The minimum Gasteiger partial charge on any atom is -0.507 e. The molecule has 14 heteroatoms. The molecule has 1 aliphatic heterocycles. The summed E-state index contributed by atoms with van der Waals surface area (Å²) in [6, 6.07) is 4.42. The van der Waals surface area contributed by atoms with E-state index >= 15 is 4.39 Å². The number of hydrogen-bond acceptors (Lipinski definition) is 8. The van der Waals surface area contributed by atoms with Crippen molar-refractivity contribution in [3.63, 3.8) is 0 Å². The van der Waals surface area contributed by atoms with Crippen LogP contribution in [-0.2, 0) is 33.3 Å². The second-order valence-corrected chi connectivity index (χ2v) is 12.7. The standard InChI is InChI=1S/C28H36FN3O8S.BrH/c1-7-39-21-11-17-12-31(27(30)23(17)24(29)26(21)40-8-2)14-20(33)16-9-18(25(36)19(10-16)28(3,4)5)13-32(15-22(34)35)41(6,37)38;/h9-11,30,36H,7-8,12-15H2,1-6H3,(H,34,35);1H. The zero-order chi connectivity index (χ0) is 30.9. The number of carbonyl (C=O) groups excluding carboxylic acids is 1. The number of ketones is 1. The Morgan fingerprint density at radius 3 is 2.29 bits per heavy atom. The molecule has 0 unspecified atom stereocenters. The fraction of sp³-hybridized carbons (Fsp3) is 0.464. The number of nitrogens with one attached hydrogen (secondary N) is 1. The van der Waals surface area contributed by atoms with Gasteiger partial charge in [0.25, 0.3) is 0 Å². The topological polar surface area (TPSA) is 158 Å². The lowest BCUT2D eigenvalue weighted by atomic mass is 9.83. The smallest absolute Gasteiger partial charge is 0.318 e. The van der Waals surface area contributed by atoms with Crippen LogP contribution in [0.2, 0.25) is 0 Å². The molecule has 3 rings (SSSR count). The van der Waals surface area contributed by atoms with Crippen molar-refractivity contribution in [3.05, 3.63) is 51.8 Å². The molecule has 0 fully saturated rings. The SMILES string of the molecule is Br.CCOc1cc2c(c(F)c1OCC)C(=N)N(CC(=O)c1cc(CN(CC(=O)O)S(C)(=O)=O)c(O)c(C(C)(C)C)c1)C2. The first kappa shape index (κ1) is 35.0. The zero-order valence-corrected chi connectivity index (χ0v) is 26.9. The average molecular weight is 675 g/mol. The molecule has 0 spiro atoms. The minimum absolute atomic E-state index is 0. The molecular formula is C28H37BrFN3O8S. The van der Waals surface area contributed by atoms with Gasteiger partial charge in [-0.25, -0.2) is 12.8 Å². The van der Waals surface area contributed by atoms with Crippen LogP contribution in [0, 0.1) is 11.2 Å². The Balaban J connectivity index is 0.00000616. The second-order valence-electron chi connectivity index (χ2n) is 10.8. The fourth-order valence-electron chi connectivity index (χ4n) is 4.60. The maximum Gasteiger partial charge on any atom is 0.318 e. The molecule has 0 bridgehead atoms. The van der Waals surface area contributed by atoms with Gasteiger partial charge >= 0.3 is 5.97 Å². The van der Waals surface area contributed by atoms with Gasteiger partial charge in [0.2, 0.25) is 10.0 Å². The summed E-state index contributed by atoms with van der Waals surface area (Å²) in [5.74, 6) is -2.92. The number of phenolic OH excluding ortho intramolecular Hbond substituents is 1. The van der Waals surface area contributed by atoms with E-state index in [1.165, 1.54) is 17.0 Å². The number of aromatic hydroxyl groups is 1. The van der Waals surface area contributed by atoms with Gasteiger partial charge in [-0.2, -0.15) is 4.31 Å². The van der Waals surface area contributed by atoms with Gasteiger partial charge in [-0.15, -0.1) is 17.0 Å². The fourth-order valence-corrected chi connectivity index (χ4v) is 5.32. The number of rotatable bonds is 12. The van der Waals surface area contributed by atoms with E-state index in [0.29, 0.717) is 15.4 Å². The molecule has 0 saturated carbocycles. The molecule has 232 valence electrons. The lowest BCUT2D eigenvalue weighted by Crippen LogP contribution is -2.34. The third-order valence-corrected chi connectivity index (χ3v) is 7.75. The van der Waals surface area contributed by atoms with E-state index in [-0.39, 0.29) is 83.1 Å². The molecule has 0 aromatic heterocycles. The maximum absolute atomic E-state index is 15.4. The maximum atomic E-state index is 15.4. The highest BCUT2D eigenvalue weighted by atomic mass is 79.9. The van der Waals surface area contributed by atoms with E-state index in [2.05, 4.69) is 0 Å². The van der Waals surface area contributed by atoms with Crippen LogP contribution < -0.4 is 9.47 Å². The molecule has 1 heterocycles. The number of Topliss-reactive ketones (excluding diaryl/α,β-unsaturated/α-hetero) is 1. The van der Waals surface area contributed by atoms with Crippen LogP contribution in [0.1, 0.15) is 67.2 Å². The number of amidine groups is 1. The number of carboxylic acid groups (broad SMARTS) is 1. The number of carboxylic acids is 1. The Morgan fingerprint density at radius 1 is 1.14 bits per heavy atom. The zero-order valence-electron chi connectivity index (χ0n) is 24.4. The summed E-state index contributed by atoms with van der Waals surface area (Å²) in [6.45, 7) is 7.78. The first-order valence-electron chi connectivity index (χ1n) is 13.0. The van der Waals surface area contributed by atoms with Gasteiger partial charge in [0, 0.05) is 29.8 Å². The van der Waals surface area contributed by atoms with Crippen molar-refractivity contribution >= 4 is 44.6 Å². The van der Waals surface area contributed by atoms with Crippen molar-refractivity contribution in [2.24, 2.45) is 0 Å². The van der Waals surface area contributed by atoms with Crippen molar-refractivity contribution < 1.29 is 42.1 Å². The van der Waals surface area contributed by atoms with E-state index in [1.54, 1.807) is 40.7 Å². The highest BCUT2D eigenvalue weighted by Crippen LogP contribution is 2.39. The summed E-state index contributed by atoms with van der Waals surface area (Å²) in [4.78, 5) is 26.2. The molecule has 0 saturated heterocycles. The predicted octanol–water partition coefficient (Wildman–Crippen LogP) is 4.07. The number of fused-ring (bicyclic) bond motifs is 1. The Morgan fingerprint density at radius 2 is 1.76 bits per heavy atom. The van der Waals surface area contributed by atoms with Gasteiger partial charge in [0.1, 0.15) is 18.1 Å². The van der Waals surface area contributed by atoms with Gasteiger partial charge in [-0.1, -0.05) is 20.8 Å². The molecule has 2 aromatic rings. The predicted molar refractivity (Wildman–Crippen MR) is 160 cm³/mol. The van der Waals surface area contributed by atoms with E-state index < -0.39 is 46.1 Å². The van der Waals surface area contributed by atoms with Gasteiger partial charge in [-0.3, -0.25) is 15.0 Å². The number of phenols is 1. The summed E-state index contributed by atoms with van der Waals surface area (Å²) in [5.41, 5.74) is 0.357. The van der Waals surface area contributed by atoms with Gasteiger partial charge in [0.15, 0.2) is 23.1 Å². The molecule has 3 N–H and O–H groups in total. The summed E-state index contributed by atoms with van der Waals surface area (Å²) in [6.07, 6.45) is 0.858. The normalized spacial score (nSPS) is 13.1. The van der Waals surface area contributed by atoms with Crippen molar-refractivity contribution in [1.82, 2.24) is 9.21 Å². The molecule has 1 aliphatic rings. The molecule has 0 atom stereocenters. The third kappa shape index (κ3) is 7.58. The number of hydrogen-bond donors (Lipinski definition) is 3. The highest BCUT2D eigenvalue weighted by molar-refractivity contribution is 8.93. The lowest BCUT2D eigenvalue weighted by Gasteiger charge is -2.25. The molecular weight excluding hydrogens is 637 g/mol. The number of ether oxygens (including phenoxy) is 2. The van der Waals surface area contributed by atoms with Crippen LogP contribution in [0.5, 0.6) is 17.2 Å². The summed E-state index contributed by atoms with van der Waals surface area (Å²) >= 11 is 0. The van der Waals surface area contributed by atoms with E-state index in [1.807, 2.05) is 0 Å². The summed E-state index contributed by atoms with van der Waals surface area (Å²) < 4.78 is 51.6. The Hall–Kier alpha value is -3.23.